The van der Waals surface area contributed by atoms with Gasteiger partial charge in [-0.1, -0.05) is 20.4 Å². The van der Waals surface area contributed by atoms with Crippen molar-refractivity contribution in [3.63, 3.8) is 0 Å². The van der Waals surface area contributed by atoms with E-state index in [1.165, 1.54) is 18.6 Å². The molecule has 21 heavy (non-hydrogen) atoms. The smallest absolute Gasteiger partial charge is 0.209 e. The van der Waals surface area contributed by atoms with E-state index in [2.05, 4.69) is 35.3 Å². The molecule has 0 bridgehead atoms. The number of piperazine rings is 1. The molecule has 1 saturated heterocycles. The van der Waals surface area contributed by atoms with Crippen LogP contribution in [0.3, 0.4) is 0 Å². The molecular weight excluding hydrogens is 264 g/mol. The number of rotatable bonds is 4. The van der Waals surface area contributed by atoms with Gasteiger partial charge in [-0.05, 0) is 31.1 Å². The molecule has 2 rings (SSSR count). The summed E-state index contributed by atoms with van der Waals surface area (Å²) in [5.41, 5.74) is 1.26. The Morgan fingerprint density at radius 3 is 2.62 bits per heavy atom. The molecule has 0 radical (unpaired) electrons. The molecule has 0 aromatic carbocycles. The lowest BCUT2D eigenvalue weighted by Crippen LogP contribution is -2.44. The molecular formula is C16H26N4O. The summed E-state index contributed by atoms with van der Waals surface area (Å²) in [7, 11) is 0. The van der Waals surface area contributed by atoms with Crippen molar-refractivity contribution in [1.82, 2.24) is 9.80 Å². The van der Waals surface area contributed by atoms with Gasteiger partial charge in [-0.2, -0.15) is 0 Å². The van der Waals surface area contributed by atoms with Crippen LogP contribution in [0.25, 0.3) is 0 Å². The SMILES string of the molecule is C=C(/N=C\N=C1\CCC(C)CC1C)N1CCN(C=O)CC1. The average molecular weight is 290 g/mol. The number of hydrogen-bond donors (Lipinski definition) is 0. The molecule has 0 N–H and O–H groups in total. The quantitative estimate of drug-likeness (QED) is 0.452. The van der Waals surface area contributed by atoms with Gasteiger partial charge in [-0.3, -0.25) is 4.79 Å². The van der Waals surface area contributed by atoms with Gasteiger partial charge in [0.05, 0.1) is 0 Å². The Hall–Kier alpha value is -1.65. The van der Waals surface area contributed by atoms with Crippen LogP contribution in [0.4, 0.5) is 0 Å². The van der Waals surface area contributed by atoms with Gasteiger partial charge in [-0.25, -0.2) is 9.98 Å². The largest absolute Gasteiger partial charge is 0.354 e. The molecule has 5 heteroatoms. The zero-order chi connectivity index (χ0) is 15.2. The summed E-state index contributed by atoms with van der Waals surface area (Å²) in [4.78, 5) is 23.4. The molecule has 1 amide bonds. The van der Waals surface area contributed by atoms with Crippen LogP contribution in [0.15, 0.2) is 22.4 Å². The van der Waals surface area contributed by atoms with Crippen molar-refractivity contribution in [1.29, 1.82) is 0 Å². The molecule has 0 spiro atoms. The third-order valence-corrected chi connectivity index (χ3v) is 4.48. The van der Waals surface area contributed by atoms with E-state index in [9.17, 15) is 4.79 Å². The number of amides is 1. The van der Waals surface area contributed by atoms with Crippen LogP contribution in [0, 0.1) is 11.8 Å². The Kier molecular flexibility index (Phi) is 5.53. The Bertz CT molecular complexity index is 436. The fourth-order valence-electron chi connectivity index (χ4n) is 3.03. The van der Waals surface area contributed by atoms with E-state index < -0.39 is 0 Å². The maximum absolute atomic E-state index is 10.7. The van der Waals surface area contributed by atoms with E-state index in [1.807, 2.05) is 0 Å². The second-order valence-corrected chi connectivity index (χ2v) is 6.19. The minimum absolute atomic E-state index is 0.560. The Morgan fingerprint density at radius 2 is 2.00 bits per heavy atom. The molecule has 2 atom stereocenters. The normalized spacial score (nSPS) is 29.1. The lowest BCUT2D eigenvalue weighted by atomic mass is 9.82. The summed E-state index contributed by atoms with van der Waals surface area (Å²) in [6.07, 6.45) is 6.09. The van der Waals surface area contributed by atoms with Gasteiger partial charge in [0, 0.05) is 31.9 Å². The molecule has 116 valence electrons. The van der Waals surface area contributed by atoms with Crippen LogP contribution < -0.4 is 0 Å². The van der Waals surface area contributed by atoms with Crippen molar-refractivity contribution in [2.24, 2.45) is 21.8 Å². The summed E-state index contributed by atoms with van der Waals surface area (Å²) >= 11 is 0. The predicted molar refractivity (Wildman–Crippen MR) is 86.5 cm³/mol. The van der Waals surface area contributed by atoms with Crippen LogP contribution >= 0.6 is 0 Å². The predicted octanol–water partition coefficient (Wildman–Crippen LogP) is 2.16. The van der Waals surface area contributed by atoms with Gasteiger partial charge in [-0.15, -0.1) is 0 Å². The lowest BCUT2D eigenvalue weighted by Gasteiger charge is -2.33. The molecule has 1 saturated carbocycles. The van der Waals surface area contributed by atoms with E-state index in [0.29, 0.717) is 5.92 Å². The van der Waals surface area contributed by atoms with E-state index in [-0.39, 0.29) is 0 Å². The molecule has 1 aliphatic carbocycles. The Labute approximate surface area is 127 Å². The first-order chi connectivity index (χ1) is 10.1. The van der Waals surface area contributed by atoms with Gasteiger partial charge < -0.3 is 9.80 Å². The number of nitrogens with zero attached hydrogens (tertiary/aromatic N) is 4. The van der Waals surface area contributed by atoms with Crippen molar-refractivity contribution in [2.75, 3.05) is 26.2 Å². The minimum atomic E-state index is 0.560. The first kappa shape index (κ1) is 15.7. The first-order valence-corrected chi connectivity index (χ1v) is 7.82. The highest BCUT2D eigenvalue weighted by molar-refractivity contribution is 5.92. The van der Waals surface area contributed by atoms with E-state index in [1.54, 1.807) is 11.2 Å². The molecule has 0 aromatic heterocycles. The van der Waals surface area contributed by atoms with E-state index >= 15 is 0 Å². The van der Waals surface area contributed by atoms with E-state index in [0.717, 1.165) is 50.7 Å². The van der Waals surface area contributed by atoms with Crippen molar-refractivity contribution in [3.8, 4) is 0 Å². The van der Waals surface area contributed by atoms with Crippen molar-refractivity contribution in [3.05, 3.63) is 12.4 Å². The van der Waals surface area contributed by atoms with Crippen molar-refractivity contribution in [2.45, 2.75) is 33.1 Å². The van der Waals surface area contributed by atoms with Gasteiger partial charge in [0.2, 0.25) is 6.41 Å². The van der Waals surface area contributed by atoms with Crippen LogP contribution in [0.1, 0.15) is 33.1 Å². The highest BCUT2D eigenvalue weighted by Gasteiger charge is 2.20. The van der Waals surface area contributed by atoms with Crippen LogP contribution in [-0.4, -0.2) is 54.4 Å². The highest BCUT2D eigenvalue weighted by Crippen LogP contribution is 2.26. The second-order valence-electron chi connectivity index (χ2n) is 6.19. The fourth-order valence-corrected chi connectivity index (χ4v) is 3.03. The molecule has 2 fully saturated rings. The van der Waals surface area contributed by atoms with Gasteiger partial charge in [0.25, 0.3) is 0 Å². The number of carbonyl (C=O) groups is 1. The van der Waals surface area contributed by atoms with Gasteiger partial charge >= 0.3 is 0 Å². The summed E-state index contributed by atoms with van der Waals surface area (Å²) in [5, 5.41) is 0. The maximum Gasteiger partial charge on any atom is 0.209 e. The van der Waals surface area contributed by atoms with Crippen LogP contribution in [-0.2, 0) is 4.79 Å². The minimum Gasteiger partial charge on any atom is -0.354 e. The zero-order valence-electron chi connectivity index (χ0n) is 13.2. The zero-order valence-corrected chi connectivity index (χ0v) is 13.2. The third-order valence-electron chi connectivity index (χ3n) is 4.48. The highest BCUT2D eigenvalue weighted by atomic mass is 16.1. The summed E-state index contributed by atoms with van der Waals surface area (Å²) < 4.78 is 0. The van der Waals surface area contributed by atoms with Crippen LogP contribution in [0.2, 0.25) is 0 Å². The van der Waals surface area contributed by atoms with E-state index in [4.69, 9.17) is 0 Å². The monoisotopic (exact) mass is 290 g/mol. The number of carbonyl (C=O) groups excluding carboxylic acids is 1. The Balaban J connectivity index is 1.84. The molecule has 0 aromatic rings. The number of hydrogen-bond acceptors (Lipinski definition) is 3. The molecule has 1 heterocycles. The molecule has 2 unspecified atom stereocenters. The summed E-state index contributed by atoms with van der Waals surface area (Å²) in [6, 6.07) is 0. The number of aliphatic imine (C=N–C) groups is 2. The van der Waals surface area contributed by atoms with Gasteiger partial charge in [0.1, 0.15) is 12.2 Å². The first-order valence-electron chi connectivity index (χ1n) is 7.82. The standard InChI is InChI=1S/C16H26N4O/c1-13-4-5-16(14(2)10-13)18-11-17-15(3)20-8-6-19(12-21)7-9-20/h11-14H,3-10H2,1-2H3/b17-11-,18-16-. The lowest BCUT2D eigenvalue weighted by molar-refractivity contribution is -0.119. The van der Waals surface area contributed by atoms with Crippen molar-refractivity contribution >= 4 is 18.5 Å². The summed E-state index contributed by atoms with van der Waals surface area (Å²) in [6.45, 7) is 11.6. The molecule has 1 aliphatic heterocycles. The summed E-state index contributed by atoms with van der Waals surface area (Å²) in [5.74, 6) is 2.10. The average Bonchev–Trinajstić information content (AvgIpc) is 2.49. The van der Waals surface area contributed by atoms with Crippen molar-refractivity contribution < 1.29 is 4.79 Å². The molecule has 2 aliphatic rings. The van der Waals surface area contributed by atoms with Crippen LogP contribution in [0.5, 0.6) is 0 Å². The fraction of sp³-hybridized carbons (Fsp3) is 0.688. The second kappa shape index (κ2) is 7.38. The Morgan fingerprint density at radius 1 is 1.29 bits per heavy atom. The van der Waals surface area contributed by atoms with Gasteiger partial charge in [0.15, 0.2) is 0 Å². The maximum atomic E-state index is 10.7. The third kappa shape index (κ3) is 4.41. The molecule has 5 nitrogen and oxygen atoms in total. The topological polar surface area (TPSA) is 48.3 Å².